The maximum absolute atomic E-state index is 13.1. The highest BCUT2D eigenvalue weighted by atomic mass is 16.2. The lowest BCUT2D eigenvalue weighted by Gasteiger charge is -2.19. The van der Waals surface area contributed by atoms with Crippen LogP contribution in [-0.4, -0.2) is 46.3 Å². The van der Waals surface area contributed by atoms with E-state index in [1.807, 2.05) is 51.4 Å². The van der Waals surface area contributed by atoms with Crippen molar-refractivity contribution in [2.45, 2.75) is 26.1 Å². The molecule has 0 saturated carbocycles. The first-order chi connectivity index (χ1) is 13.8. The van der Waals surface area contributed by atoms with E-state index >= 15 is 0 Å². The molecule has 0 aliphatic carbocycles. The van der Waals surface area contributed by atoms with Gasteiger partial charge in [0.2, 0.25) is 5.91 Å². The van der Waals surface area contributed by atoms with E-state index in [0.29, 0.717) is 18.7 Å². The van der Waals surface area contributed by atoms with Gasteiger partial charge in [0.15, 0.2) is 0 Å². The number of aryl methyl sites for hydroxylation is 1. The second kappa shape index (κ2) is 7.28. The van der Waals surface area contributed by atoms with Crippen molar-refractivity contribution in [3.8, 4) is 0 Å². The lowest BCUT2D eigenvalue weighted by molar-refractivity contribution is -0.130. The van der Waals surface area contributed by atoms with Crippen molar-refractivity contribution >= 4 is 28.4 Å². The van der Waals surface area contributed by atoms with Crippen LogP contribution in [0.1, 0.15) is 28.5 Å². The molecule has 1 aliphatic rings. The zero-order valence-corrected chi connectivity index (χ0v) is 17.3. The average molecular weight is 390 g/mol. The molecule has 0 saturated heterocycles. The fourth-order valence-corrected chi connectivity index (χ4v) is 3.99. The molecule has 0 radical (unpaired) electrons. The van der Waals surface area contributed by atoms with Gasteiger partial charge in [0, 0.05) is 50.1 Å². The van der Waals surface area contributed by atoms with E-state index in [9.17, 15) is 9.59 Å². The van der Waals surface area contributed by atoms with Crippen LogP contribution in [0.3, 0.4) is 0 Å². The van der Waals surface area contributed by atoms with Crippen LogP contribution in [0.2, 0.25) is 0 Å². The van der Waals surface area contributed by atoms with Gasteiger partial charge in [0.25, 0.3) is 5.91 Å². The lowest BCUT2D eigenvalue weighted by Crippen LogP contribution is -2.35. The molecule has 6 nitrogen and oxygen atoms in total. The Hall–Kier alpha value is -3.28. The van der Waals surface area contributed by atoms with Gasteiger partial charge in [-0.25, -0.2) is 0 Å². The molecule has 1 aliphatic heterocycles. The minimum Gasteiger partial charge on any atom is -0.374 e. The minimum atomic E-state index is -0.281. The maximum Gasteiger partial charge on any atom is 0.253 e. The highest BCUT2D eigenvalue weighted by Crippen LogP contribution is 2.25. The second-order valence-corrected chi connectivity index (χ2v) is 7.85. The molecule has 0 fully saturated rings. The van der Waals surface area contributed by atoms with Crippen LogP contribution in [-0.2, 0) is 24.9 Å². The van der Waals surface area contributed by atoms with Gasteiger partial charge in [-0.15, -0.1) is 0 Å². The monoisotopic (exact) mass is 390 g/mol. The molecule has 6 heteroatoms. The number of rotatable bonds is 3. The van der Waals surface area contributed by atoms with Crippen molar-refractivity contribution in [2.75, 3.05) is 19.4 Å². The van der Waals surface area contributed by atoms with E-state index in [1.54, 1.807) is 16.8 Å². The third-order valence-corrected chi connectivity index (χ3v) is 5.68. The van der Waals surface area contributed by atoms with Gasteiger partial charge in [-0.2, -0.15) is 0 Å². The number of carbonyl (C=O) groups is 2. The Labute approximate surface area is 170 Å². The molecule has 0 spiro atoms. The van der Waals surface area contributed by atoms with Crippen molar-refractivity contribution < 1.29 is 9.59 Å². The van der Waals surface area contributed by atoms with Crippen LogP contribution in [0.5, 0.6) is 0 Å². The van der Waals surface area contributed by atoms with Gasteiger partial charge in [-0.3, -0.25) is 9.59 Å². The maximum atomic E-state index is 13.1. The third kappa shape index (κ3) is 3.46. The number of nitrogens with zero attached hydrogens (tertiary/aromatic N) is 3. The Bertz CT molecular complexity index is 1100. The van der Waals surface area contributed by atoms with Crippen molar-refractivity contribution in [1.29, 1.82) is 0 Å². The highest BCUT2D eigenvalue weighted by Gasteiger charge is 2.24. The second-order valence-electron chi connectivity index (χ2n) is 7.85. The number of likely N-dealkylation sites (N-methyl/N-ethyl adjacent to an activating group) is 1. The summed E-state index contributed by atoms with van der Waals surface area (Å²) in [4.78, 5) is 28.7. The summed E-state index contributed by atoms with van der Waals surface area (Å²) in [7, 11) is 5.63. The van der Waals surface area contributed by atoms with Crippen molar-refractivity contribution in [2.24, 2.45) is 7.05 Å². The molecule has 150 valence electrons. The number of hydrogen-bond donors (Lipinski definition) is 1. The summed E-state index contributed by atoms with van der Waals surface area (Å²) in [6, 6.07) is 15.7. The van der Waals surface area contributed by atoms with Crippen molar-refractivity contribution in [3.05, 3.63) is 65.4 Å². The third-order valence-electron chi connectivity index (χ3n) is 5.68. The Morgan fingerprint density at radius 2 is 1.93 bits per heavy atom. The summed E-state index contributed by atoms with van der Waals surface area (Å²) in [5, 5.41) is 4.41. The summed E-state index contributed by atoms with van der Waals surface area (Å²) in [6.07, 6.45) is 0. The smallest absolute Gasteiger partial charge is 0.253 e. The number of anilines is 1. The Balaban J connectivity index is 1.57. The molecule has 1 atom stereocenters. The largest absolute Gasteiger partial charge is 0.374 e. The van der Waals surface area contributed by atoms with E-state index in [1.165, 1.54) is 5.39 Å². The summed E-state index contributed by atoms with van der Waals surface area (Å²) >= 11 is 0. The Morgan fingerprint density at radius 1 is 1.17 bits per heavy atom. The lowest BCUT2D eigenvalue weighted by atomic mass is 10.1. The molecule has 0 bridgehead atoms. The number of carbonyl (C=O) groups excluding carboxylic acids is 2. The number of benzene rings is 2. The van der Waals surface area contributed by atoms with Crippen molar-refractivity contribution in [1.82, 2.24) is 14.4 Å². The van der Waals surface area contributed by atoms with Crippen LogP contribution in [0.15, 0.2) is 48.5 Å². The zero-order chi connectivity index (χ0) is 20.7. The summed E-state index contributed by atoms with van der Waals surface area (Å²) in [6.45, 7) is 2.86. The summed E-state index contributed by atoms with van der Waals surface area (Å²) in [5.74, 6) is 0.00583. The Kier molecular flexibility index (Phi) is 4.78. The van der Waals surface area contributed by atoms with Crippen LogP contribution >= 0.6 is 0 Å². The molecule has 1 N–H and O–H groups in total. The van der Waals surface area contributed by atoms with Gasteiger partial charge in [0.05, 0.1) is 6.54 Å². The molecule has 0 unspecified atom stereocenters. The molecule has 29 heavy (non-hydrogen) atoms. The van der Waals surface area contributed by atoms with E-state index in [-0.39, 0.29) is 17.9 Å². The molecule has 2 amide bonds. The number of fused-ring (bicyclic) bond motifs is 2. The first kappa shape index (κ1) is 19.1. The first-order valence-electron chi connectivity index (χ1n) is 9.78. The average Bonchev–Trinajstić information content (AvgIpc) is 2.97. The van der Waals surface area contributed by atoms with E-state index in [4.69, 9.17) is 0 Å². The molecular weight excluding hydrogens is 364 g/mol. The van der Waals surface area contributed by atoms with Gasteiger partial charge in [-0.1, -0.05) is 18.2 Å². The SMILES string of the molecule is C[C@H]1Nc2ccc(C(=O)N(C)Cc3cc4ccccc4n3C)cc2CN(C)C1=O. The van der Waals surface area contributed by atoms with Crippen LogP contribution in [0.4, 0.5) is 5.69 Å². The van der Waals surface area contributed by atoms with E-state index < -0.39 is 0 Å². The highest BCUT2D eigenvalue weighted by molar-refractivity contribution is 5.95. The predicted octanol–water partition coefficient (Wildman–Crippen LogP) is 3.22. The van der Waals surface area contributed by atoms with E-state index in [0.717, 1.165) is 22.5 Å². The molecule has 1 aromatic heterocycles. The number of aromatic nitrogens is 1. The fourth-order valence-electron chi connectivity index (χ4n) is 3.99. The van der Waals surface area contributed by atoms with Gasteiger partial charge >= 0.3 is 0 Å². The van der Waals surface area contributed by atoms with E-state index in [2.05, 4.69) is 28.1 Å². The molecule has 3 aromatic rings. The predicted molar refractivity (Wildman–Crippen MR) is 115 cm³/mol. The number of para-hydroxylation sites is 1. The first-order valence-corrected chi connectivity index (χ1v) is 9.78. The fraction of sp³-hybridized carbons (Fsp3) is 0.304. The summed E-state index contributed by atoms with van der Waals surface area (Å²) < 4.78 is 2.13. The van der Waals surface area contributed by atoms with Crippen LogP contribution in [0.25, 0.3) is 10.9 Å². The van der Waals surface area contributed by atoms with Gasteiger partial charge in [-0.05, 0) is 48.2 Å². The summed E-state index contributed by atoms with van der Waals surface area (Å²) in [5.41, 5.74) is 4.72. The standard InChI is InChI=1S/C23H26N4O2/c1-15-22(28)25(2)13-18-11-17(9-10-20(18)24-15)23(29)26(3)14-19-12-16-7-5-6-8-21(16)27(19)4/h5-12,15,24H,13-14H2,1-4H3/t15-/m1/s1. The van der Waals surface area contributed by atoms with Crippen molar-refractivity contribution in [3.63, 3.8) is 0 Å². The molecule has 4 rings (SSSR count). The van der Waals surface area contributed by atoms with Gasteiger partial charge in [0.1, 0.15) is 6.04 Å². The molecule has 2 aromatic carbocycles. The molecular formula is C23H26N4O2. The minimum absolute atomic E-state index is 0.0377. The normalized spacial score (nSPS) is 16.3. The number of amides is 2. The Morgan fingerprint density at radius 3 is 2.69 bits per heavy atom. The topological polar surface area (TPSA) is 57.6 Å². The zero-order valence-electron chi connectivity index (χ0n) is 17.3. The van der Waals surface area contributed by atoms with Gasteiger partial charge < -0.3 is 19.7 Å². The number of nitrogens with one attached hydrogen (secondary N) is 1. The quantitative estimate of drug-likeness (QED) is 0.747. The number of hydrogen-bond acceptors (Lipinski definition) is 3. The molecule has 2 heterocycles. The van der Waals surface area contributed by atoms with Crippen LogP contribution in [0, 0.1) is 0 Å². The van der Waals surface area contributed by atoms with Crippen LogP contribution < -0.4 is 5.32 Å².